The largest absolute Gasteiger partial charge is 0.494 e. The summed E-state index contributed by atoms with van der Waals surface area (Å²) >= 11 is 0. The maximum Gasteiger partial charge on any atom is 0.258 e. The van der Waals surface area contributed by atoms with Gasteiger partial charge in [-0.2, -0.15) is 0 Å². The van der Waals surface area contributed by atoms with Gasteiger partial charge in [-0.3, -0.25) is 9.59 Å². The number of benzene rings is 3. The van der Waals surface area contributed by atoms with Crippen LogP contribution in [0, 0.1) is 0 Å². The Morgan fingerprint density at radius 1 is 0.938 bits per heavy atom. The molecule has 1 aliphatic heterocycles. The maximum absolute atomic E-state index is 12.8. The van der Waals surface area contributed by atoms with Crippen molar-refractivity contribution in [3.63, 3.8) is 0 Å². The van der Waals surface area contributed by atoms with Crippen molar-refractivity contribution in [1.82, 2.24) is 5.32 Å². The van der Waals surface area contributed by atoms with E-state index in [1.165, 1.54) is 0 Å². The van der Waals surface area contributed by atoms with Gasteiger partial charge >= 0.3 is 0 Å². The number of fused-ring (bicyclic) bond motifs is 1. The van der Waals surface area contributed by atoms with Crippen LogP contribution in [0.3, 0.4) is 0 Å². The smallest absolute Gasteiger partial charge is 0.258 e. The first-order chi connectivity index (χ1) is 15.6. The number of amides is 2. The lowest BCUT2D eigenvalue weighted by atomic mass is 9.98. The summed E-state index contributed by atoms with van der Waals surface area (Å²) in [6.07, 6.45) is 1.12. The SMILES string of the molecule is CCOc1ccc(C(NC(=O)COc2ccc3c(c2)CCC(=O)N3)c2ccccc2)cc1. The fourth-order valence-electron chi connectivity index (χ4n) is 3.73. The standard InChI is InChI=1S/C26H26N2O4/c1-2-31-21-11-8-19(9-12-21)26(18-6-4-3-5-7-18)28-25(30)17-32-22-13-14-23-20(16-22)10-15-24(29)27-23/h3-9,11-14,16,26H,2,10,15,17H2,1H3,(H,27,29)(H,28,30). The molecule has 1 atom stereocenters. The van der Waals surface area contributed by atoms with Crippen molar-refractivity contribution in [3.8, 4) is 11.5 Å². The Labute approximate surface area is 187 Å². The topological polar surface area (TPSA) is 76.7 Å². The summed E-state index contributed by atoms with van der Waals surface area (Å²) in [7, 11) is 0. The van der Waals surface area contributed by atoms with E-state index in [2.05, 4.69) is 10.6 Å². The molecular weight excluding hydrogens is 404 g/mol. The number of aryl methyl sites for hydroxylation is 1. The first kappa shape index (κ1) is 21.4. The fraction of sp³-hybridized carbons (Fsp3) is 0.231. The molecule has 0 spiro atoms. The van der Waals surface area contributed by atoms with E-state index < -0.39 is 0 Å². The summed E-state index contributed by atoms with van der Waals surface area (Å²) in [5, 5.41) is 5.92. The summed E-state index contributed by atoms with van der Waals surface area (Å²) in [6, 6.07) is 22.7. The zero-order valence-electron chi connectivity index (χ0n) is 18.0. The molecule has 0 radical (unpaired) electrons. The highest BCUT2D eigenvalue weighted by molar-refractivity contribution is 5.94. The molecule has 0 aromatic heterocycles. The van der Waals surface area contributed by atoms with Gasteiger partial charge < -0.3 is 20.1 Å². The van der Waals surface area contributed by atoms with Crippen molar-refractivity contribution in [2.75, 3.05) is 18.5 Å². The van der Waals surface area contributed by atoms with Crippen LogP contribution in [0.1, 0.15) is 36.1 Å². The van der Waals surface area contributed by atoms with Crippen molar-refractivity contribution < 1.29 is 19.1 Å². The molecule has 2 N–H and O–H groups in total. The third kappa shape index (κ3) is 5.27. The second-order valence-corrected chi connectivity index (χ2v) is 7.57. The molecule has 0 saturated heterocycles. The van der Waals surface area contributed by atoms with E-state index in [0.29, 0.717) is 25.2 Å². The lowest BCUT2D eigenvalue weighted by molar-refractivity contribution is -0.123. The molecule has 2 amide bonds. The van der Waals surface area contributed by atoms with Crippen LogP contribution in [0.4, 0.5) is 5.69 Å². The Morgan fingerprint density at radius 3 is 2.41 bits per heavy atom. The van der Waals surface area contributed by atoms with Crippen molar-refractivity contribution in [1.29, 1.82) is 0 Å². The number of carbonyl (C=O) groups is 2. The van der Waals surface area contributed by atoms with Gasteiger partial charge in [-0.15, -0.1) is 0 Å². The van der Waals surface area contributed by atoms with E-state index in [1.807, 2.05) is 73.7 Å². The van der Waals surface area contributed by atoms with Gasteiger partial charge in [0, 0.05) is 12.1 Å². The van der Waals surface area contributed by atoms with E-state index in [-0.39, 0.29) is 24.5 Å². The van der Waals surface area contributed by atoms with Crippen molar-refractivity contribution in [2.24, 2.45) is 0 Å². The summed E-state index contributed by atoms with van der Waals surface area (Å²) in [6.45, 7) is 2.44. The zero-order chi connectivity index (χ0) is 22.3. The minimum atomic E-state index is -0.304. The Kier molecular flexibility index (Phi) is 6.70. The van der Waals surface area contributed by atoms with Crippen LogP contribution < -0.4 is 20.1 Å². The predicted molar refractivity (Wildman–Crippen MR) is 123 cm³/mol. The normalized spacial score (nSPS) is 13.5. The number of nitrogens with one attached hydrogen (secondary N) is 2. The Hall–Kier alpha value is -3.80. The molecule has 6 nitrogen and oxygen atoms in total. The van der Waals surface area contributed by atoms with E-state index in [1.54, 1.807) is 6.07 Å². The Bertz CT molecular complexity index is 1080. The van der Waals surface area contributed by atoms with Gasteiger partial charge in [0.1, 0.15) is 11.5 Å². The summed E-state index contributed by atoms with van der Waals surface area (Å²) in [4.78, 5) is 24.3. The van der Waals surface area contributed by atoms with Crippen molar-refractivity contribution in [3.05, 3.63) is 89.5 Å². The monoisotopic (exact) mass is 430 g/mol. The van der Waals surface area contributed by atoms with Crippen molar-refractivity contribution >= 4 is 17.5 Å². The lowest BCUT2D eigenvalue weighted by Gasteiger charge is -2.21. The molecule has 0 saturated carbocycles. The molecule has 4 rings (SSSR count). The molecular formula is C26H26N2O4. The minimum absolute atomic E-state index is 0.0202. The lowest BCUT2D eigenvalue weighted by Crippen LogP contribution is -2.33. The van der Waals surface area contributed by atoms with Gasteiger partial charge in [-0.1, -0.05) is 42.5 Å². The van der Waals surface area contributed by atoms with Crippen LogP contribution in [-0.2, 0) is 16.0 Å². The Balaban J connectivity index is 1.44. The van der Waals surface area contributed by atoms with E-state index in [9.17, 15) is 9.59 Å². The van der Waals surface area contributed by atoms with Gasteiger partial charge in [-0.05, 0) is 60.4 Å². The van der Waals surface area contributed by atoms with Crippen LogP contribution in [0.2, 0.25) is 0 Å². The van der Waals surface area contributed by atoms with E-state index in [0.717, 1.165) is 28.1 Å². The molecule has 0 aliphatic carbocycles. The Morgan fingerprint density at radius 2 is 1.66 bits per heavy atom. The molecule has 32 heavy (non-hydrogen) atoms. The van der Waals surface area contributed by atoms with Crippen LogP contribution in [-0.4, -0.2) is 25.0 Å². The van der Waals surface area contributed by atoms with E-state index >= 15 is 0 Å². The number of rotatable bonds is 8. The van der Waals surface area contributed by atoms with Gasteiger partial charge in [0.05, 0.1) is 12.6 Å². The number of anilines is 1. The first-order valence-electron chi connectivity index (χ1n) is 10.7. The zero-order valence-corrected chi connectivity index (χ0v) is 18.0. The molecule has 6 heteroatoms. The highest BCUT2D eigenvalue weighted by Gasteiger charge is 2.18. The third-order valence-electron chi connectivity index (χ3n) is 5.30. The van der Waals surface area contributed by atoms with Crippen LogP contribution >= 0.6 is 0 Å². The van der Waals surface area contributed by atoms with Gasteiger partial charge in [-0.25, -0.2) is 0 Å². The first-order valence-corrected chi connectivity index (χ1v) is 10.7. The van der Waals surface area contributed by atoms with Crippen LogP contribution in [0.15, 0.2) is 72.8 Å². The summed E-state index contributed by atoms with van der Waals surface area (Å²) < 4.78 is 11.3. The quantitative estimate of drug-likeness (QED) is 0.560. The van der Waals surface area contributed by atoms with Crippen LogP contribution in [0.25, 0.3) is 0 Å². The van der Waals surface area contributed by atoms with Gasteiger partial charge in [0.15, 0.2) is 6.61 Å². The average Bonchev–Trinajstić information content (AvgIpc) is 2.82. The number of carbonyl (C=O) groups excluding carboxylic acids is 2. The van der Waals surface area contributed by atoms with Gasteiger partial charge in [0.25, 0.3) is 5.91 Å². The van der Waals surface area contributed by atoms with Crippen molar-refractivity contribution in [2.45, 2.75) is 25.8 Å². The number of hydrogen-bond acceptors (Lipinski definition) is 4. The second-order valence-electron chi connectivity index (χ2n) is 7.57. The minimum Gasteiger partial charge on any atom is -0.494 e. The van der Waals surface area contributed by atoms with Gasteiger partial charge in [0.2, 0.25) is 5.91 Å². The molecule has 3 aromatic rings. The fourth-order valence-corrected chi connectivity index (χ4v) is 3.73. The second kappa shape index (κ2) is 10.0. The number of hydrogen-bond donors (Lipinski definition) is 2. The molecule has 1 aliphatic rings. The van der Waals surface area contributed by atoms with Crippen LogP contribution in [0.5, 0.6) is 11.5 Å². The van der Waals surface area contributed by atoms with E-state index in [4.69, 9.17) is 9.47 Å². The molecule has 3 aromatic carbocycles. The predicted octanol–water partition coefficient (Wildman–Crippen LogP) is 4.25. The molecule has 1 heterocycles. The summed E-state index contributed by atoms with van der Waals surface area (Å²) in [5.41, 5.74) is 3.75. The highest BCUT2D eigenvalue weighted by Crippen LogP contribution is 2.27. The summed E-state index contributed by atoms with van der Waals surface area (Å²) in [5.74, 6) is 1.19. The highest BCUT2D eigenvalue weighted by atomic mass is 16.5. The number of ether oxygens (including phenoxy) is 2. The average molecular weight is 431 g/mol. The molecule has 164 valence electrons. The third-order valence-corrected chi connectivity index (χ3v) is 5.30. The molecule has 1 unspecified atom stereocenters. The molecule has 0 bridgehead atoms. The maximum atomic E-state index is 12.8. The molecule has 0 fully saturated rings.